The van der Waals surface area contributed by atoms with E-state index in [1.165, 1.54) is 19.3 Å². The molecular weight excluding hydrogens is 429 g/mol. The van der Waals surface area contributed by atoms with Gasteiger partial charge in [-0.05, 0) is 32.4 Å². The first-order valence-corrected chi connectivity index (χ1v) is 8.91. The number of halogens is 1. The highest BCUT2D eigenvalue weighted by Gasteiger charge is 2.04. The van der Waals surface area contributed by atoms with Crippen LogP contribution in [0, 0.1) is 6.92 Å². The normalized spacial score (nSPS) is 10.8. The number of amides is 1. The number of unbranched alkanes of at least 4 members (excludes halogenated alkanes) is 3. The minimum atomic E-state index is -0.0561. The average molecular weight is 461 g/mol. The molecule has 0 fully saturated rings. The first kappa shape index (κ1) is 23.6. The molecule has 0 atom stereocenters. The number of hydrogen-bond acceptors (Lipinski definition) is 3. The lowest BCUT2D eigenvalue weighted by Crippen LogP contribution is -2.38. The summed E-state index contributed by atoms with van der Waals surface area (Å²) in [5.74, 6) is 1.31. The summed E-state index contributed by atoms with van der Waals surface area (Å²) in [6, 6.07) is 5.57. The molecule has 0 saturated carbocycles. The number of carbonyl (C=O) groups excluding carboxylic acids is 1. The number of aliphatic imine (C=N–C) groups is 1. The van der Waals surface area contributed by atoms with Crippen molar-refractivity contribution in [3.63, 3.8) is 0 Å². The number of anilines is 1. The van der Waals surface area contributed by atoms with Gasteiger partial charge in [0.25, 0.3) is 0 Å². The molecule has 1 amide bonds. The third kappa shape index (κ3) is 11.7. The van der Waals surface area contributed by atoms with Gasteiger partial charge in [0.2, 0.25) is 5.91 Å². The van der Waals surface area contributed by atoms with Crippen LogP contribution in [0.1, 0.15) is 51.6 Å². The molecule has 0 aromatic carbocycles. The van der Waals surface area contributed by atoms with Gasteiger partial charge in [0.15, 0.2) is 5.96 Å². The standard InChI is InChI=1S/C18H31N5O.HI/c1-4-6-7-8-13-20-18(19-5-2)21-14-12-17(24)23-16-11-9-10-15(3)22-16;/h9-11H,4-8,12-14H2,1-3H3,(H2,19,20,21)(H,22,23,24);1H. The number of hydrogen-bond donors (Lipinski definition) is 3. The number of rotatable bonds is 10. The Bertz CT molecular complexity index is 522. The molecule has 6 nitrogen and oxygen atoms in total. The second kappa shape index (κ2) is 14.9. The Labute approximate surface area is 168 Å². The van der Waals surface area contributed by atoms with Crippen LogP contribution in [0.4, 0.5) is 5.82 Å². The van der Waals surface area contributed by atoms with E-state index in [-0.39, 0.29) is 29.9 Å². The van der Waals surface area contributed by atoms with Gasteiger partial charge in [0.1, 0.15) is 5.82 Å². The van der Waals surface area contributed by atoms with Crippen LogP contribution in [0.3, 0.4) is 0 Å². The quantitative estimate of drug-likeness (QED) is 0.216. The van der Waals surface area contributed by atoms with E-state index >= 15 is 0 Å². The van der Waals surface area contributed by atoms with Gasteiger partial charge < -0.3 is 16.0 Å². The molecule has 0 radical (unpaired) electrons. The Kier molecular flexibility index (Phi) is 14.1. The van der Waals surface area contributed by atoms with Crippen molar-refractivity contribution in [1.29, 1.82) is 0 Å². The molecule has 1 aromatic heterocycles. The zero-order valence-electron chi connectivity index (χ0n) is 15.6. The molecule has 0 bridgehead atoms. The van der Waals surface area contributed by atoms with Crippen molar-refractivity contribution >= 4 is 41.7 Å². The summed E-state index contributed by atoms with van der Waals surface area (Å²) in [5.41, 5.74) is 0.885. The van der Waals surface area contributed by atoms with Gasteiger partial charge in [0.05, 0.1) is 0 Å². The van der Waals surface area contributed by atoms with Crippen LogP contribution in [-0.4, -0.2) is 36.5 Å². The fourth-order valence-electron chi connectivity index (χ4n) is 2.18. The predicted molar refractivity (Wildman–Crippen MR) is 116 cm³/mol. The largest absolute Gasteiger partial charge is 0.357 e. The van der Waals surface area contributed by atoms with Crippen LogP contribution >= 0.6 is 24.0 Å². The van der Waals surface area contributed by atoms with Gasteiger partial charge >= 0.3 is 0 Å². The molecule has 0 aliphatic rings. The van der Waals surface area contributed by atoms with Gasteiger partial charge in [-0.25, -0.2) is 4.98 Å². The molecule has 0 aliphatic carbocycles. The number of aryl methyl sites for hydroxylation is 1. The topological polar surface area (TPSA) is 78.4 Å². The van der Waals surface area contributed by atoms with Crippen molar-refractivity contribution < 1.29 is 4.79 Å². The lowest BCUT2D eigenvalue weighted by molar-refractivity contribution is -0.116. The lowest BCUT2D eigenvalue weighted by atomic mass is 10.2. The molecule has 0 saturated heterocycles. The molecule has 1 aromatic rings. The number of pyridine rings is 1. The van der Waals surface area contributed by atoms with Crippen LogP contribution in [-0.2, 0) is 4.79 Å². The molecule has 142 valence electrons. The Morgan fingerprint density at radius 1 is 1.16 bits per heavy atom. The van der Waals surface area contributed by atoms with Gasteiger partial charge in [-0.1, -0.05) is 32.3 Å². The number of nitrogens with one attached hydrogen (secondary N) is 3. The zero-order chi connectivity index (χ0) is 17.6. The van der Waals surface area contributed by atoms with E-state index in [1.54, 1.807) is 6.07 Å². The monoisotopic (exact) mass is 461 g/mol. The van der Waals surface area contributed by atoms with Crippen molar-refractivity contribution in [3.05, 3.63) is 23.9 Å². The highest BCUT2D eigenvalue weighted by Crippen LogP contribution is 2.04. The number of carbonyl (C=O) groups is 1. The maximum Gasteiger partial charge on any atom is 0.227 e. The maximum absolute atomic E-state index is 11.9. The van der Waals surface area contributed by atoms with E-state index in [4.69, 9.17) is 0 Å². The van der Waals surface area contributed by atoms with E-state index in [1.807, 2.05) is 26.0 Å². The van der Waals surface area contributed by atoms with Crippen LogP contribution in [0.15, 0.2) is 23.2 Å². The third-order valence-corrected chi connectivity index (χ3v) is 3.43. The van der Waals surface area contributed by atoms with Crippen molar-refractivity contribution in [2.75, 3.05) is 25.0 Å². The predicted octanol–water partition coefficient (Wildman–Crippen LogP) is 3.47. The van der Waals surface area contributed by atoms with Gasteiger partial charge in [0, 0.05) is 31.7 Å². The third-order valence-electron chi connectivity index (χ3n) is 3.43. The van der Waals surface area contributed by atoms with E-state index in [9.17, 15) is 4.79 Å². The lowest BCUT2D eigenvalue weighted by Gasteiger charge is -2.11. The SMILES string of the molecule is CCCCCCN=C(NCC)NCCC(=O)Nc1cccc(C)n1.I. The van der Waals surface area contributed by atoms with Gasteiger partial charge in [-0.3, -0.25) is 9.79 Å². The molecule has 0 aliphatic heterocycles. The van der Waals surface area contributed by atoms with Crippen LogP contribution in [0.25, 0.3) is 0 Å². The Hall–Kier alpha value is -1.38. The van der Waals surface area contributed by atoms with Gasteiger partial charge in [-0.2, -0.15) is 0 Å². The summed E-state index contributed by atoms with van der Waals surface area (Å²) >= 11 is 0. The molecule has 25 heavy (non-hydrogen) atoms. The van der Waals surface area contributed by atoms with Crippen LogP contribution in [0.2, 0.25) is 0 Å². The Morgan fingerprint density at radius 2 is 1.96 bits per heavy atom. The minimum absolute atomic E-state index is 0. The highest BCUT2D eigenvalue weighted by molar-refractivity contribution is 14.0. The Morgan fingerprint density at radius 3 is 2.64 bits per heavy atom. The summed E-state index contributed by atoms with van der Waals surface area (Å²) in [4.78, 5) is 20.7. The second-order valence-electron chi connectivity index (χ2n) is 5.71. The first-order valence-electron chi connectivity index (χ1n) is 8.91. The average Bonchev–Trinajstić information content (AvgIpc) is 2.54. The van der Waals surface area contributed by atoms with Crippen molar-refractivity contribution in [2.45, 2.75) is 52.9 Å². The summed E-state index contributed by atoms with van der Waals surface area (Å²) in [6.45, 7) is 8.29. The number of guanidine groups is 1. The van der Waals surface area contributed by atoms with Crippen molar-refractivity contribution in [1.82, 2.24) is 15.6 Å². The zero-order valence-corrected chi connectivity index (χ0v) is 17.9. The maximum atomic E-state index is 11.9. The smallest absolute Gasteiger partial charge is 0.227 e. The highest BCUT2D eigenvalue weighted by atomic mass is 127. The molecule has 0 unspecified atom stereocenters. The number of nitrogens with zero attached hydrogens (tertiary/aromatic N) is 2. The van der Waals surface area contributed by atoms with E-state index in [0.717, 1.165) is 31.2 Å². The first-order chi connectivity index (χ1) is 11.7. The summed E-state index contributed by atoms with van der Waals surface area (Å²) in [5, 5.41) is 9.20. The molecular formula is C18H32IN5O. The summed E-state index contributed by atoms with van der Waals surface area (Å²) < 4.78 is 0. The molecule has 1 rings (SSSR count). The van der Waals surface area contributed by atoms with E-state index < -0.39 is 0 Å². The number of aromatic nitrogens is 1. The van der Waals surface area contributed by atoms with E-state index in [0.29, 0.717) is 18.8 Å². The van der Waals surface area contributed by atoms with E-state index in [2.05, 4.69) is 32.9 Å². The summed E-state index contributed by atoms with van der Waals surface area (Å²) in [6.07, 6.45) is 5.17. The van der Waals surface area contributed by atoms with Crippen LogP contribution < -0.4 is 16.0 Å². The fourth-order valence-corrected chi connectivity index (χ4v) is 2.18. The van der Waals surface area contributed by atoms with Crippen molar-refractivity contribution in [2.24, 2.45) is 4.99 Å². The fraction of sp³-hybridized carbons (Fsp3) is 0.611. The molecule has 1 heterocycles. The molecule has 3 N–H and O–H groups in total. The second-order valence-corrected chi connectivity index (χ2v) is 5.71. The molecule has 0 spiro atoms. The minimum Gasteiger partial charge on any atom is -0.357 e. The molecule has 7 heteroatoms. The van der Waals surface area contributed by atoms with Crippen LogP contribution in [0.5, 0.6) is 0 Å². The van der Waals surface area contributed by atoms with Crippen molar-refractivity contribution in [3.8, 4) is 0 Å². The summed E-state index contributed by atoms with van der Waals surface area (Å²) in [7, 11) is 0. The van der Waals surface area contributed by atoms with Gasteiger partial charge in [-0.15, -0.1) is 24.0 Å². The Balaban J connectivity index is 0.00000576.